The fourth-order valence-electron chi connectivity index (χ4n) is 1.86. The van der Waals surface area contributed by atoms with Crippen LogP contribution in [0.25, 0.3) is 0 Å². The van der Waals surface area contributed by atoms with Gasteiger partial charge in [-0.15, -0.1) is 0 Å². The van der Waals surface area contributed by atoms with Gasteiger partial charge in [0, 0.05) is 26.8 Å². The topological polar surface area (TPSA) is 67.4 Å². The molecule has 0 aromatic rings. The monoisotopic (exact) mass is 278 g/mol. The number of hydrogen-bond donors (Lipinski definition) is 2. The fraction of sp³-hybridized carbons (Fsp3) is 1.00. The van der Waals surface area contributed by atoms with E-state index < -0.39 is 15.3 Å². The smallest absolute Gasteiger partial charge is 0.215 e. The van der Waals surface area contributed by atoms with Crippen LogP contribution in [-0.4, -0.2) is 47.0 Å². The van der Waals surface area contributed by atoms with Crippen LogP contribution in [0.2, 0.25) is 0 Å². The van der Waals surface area contributed by atoms with E-state index in [2.05, 4.69) is 10.0 Å². The Morgan fingerprint density at radius 1 is 1.39 bits per heavy atom. The average Bonchev–Trinajstić information content (AvgIpc) is 3.12. The number of ether oxygens (including phenoxy) is 1. The molecule has 1 fully saturated rings. The predicted octanol–water partition coefficient (Wildman–Crippen LogP) is 0.721. The second-order valence-corrected chi connectivity index (χ2v) is 7.41. The van der Waals surface area contributed by atoms with Gasteiger partial charge in [0.15, 0.2) is 0 Å². The van der Waals surface area contributed by atoms with Crippen molar-refractivity contribution in [1.29, 1.82) is 0 Å². The molecular formula is C12H26N2O3S. The second-order valence-electron chi connectivity index (χ2n) is 5.23. The molecule has 0 aromatic carbocycles. The lowest BCUT2D eigenvalue weighted by atomic mass is 10.0. The third kappa shape index (κ3) is 4.84. The Kier molecular flexibility index (Phi) is 6.04. The van der Waals surface area contributed by atoms with Crippen LogP contribution in [0.1, 0.15) is 33.1 Å². The van der Waals surface area contributed by atoms with Gasteiger partial charge in [0.25, 0.3) is 0 Å². The van der Waals surface area contributed by atoms with E-state index >= 15 is 0 Å². The van der Waals surface area contributed by atoms with Crippen molar-refractivity contribution in [3.05, 3.63) is 0 Å². The van der Waals surface area contributed by atoms with Crippen LogP contribution in [-0.2, 0) is 14.8 Å². The third-order valence-electron chi connectivity index (χ3n) is 3.65. The molecule has 108 valence electrons. The predicted molar refractivity (Wildman–Crippen MR) is 73.1 cm³/mol. The third-order valence-corrected chi connectivity index (χ3v) is 5.43. The van der Waals surface area contributed by atoms with Crippen LogP contribution in [0.4, 0.5) is 0 Å². The minimum Gasteiger partial charge on any atom is -0.385 e. The lowest BCUT2D eigenvalue weighted by Gasteiger charge is -2.18. The van der Waals surface area contributed by atoms with E-state index in [9.17, 15) is 8.42 Å². The van der Waals surface area contributed by atoms with Crippen molar-refractivity contribution in [3.63, 3.8) is 0 Å². The van der Waals surface area contributed by atoms with Crippen molar-refractivity contribution in [3.8, 4) is 0 Å². The quantitative estimate of drug-likeness (QED) is 0.618. The number of nitrogens with one attached hydrogen (secondary N) is 2. The van der Waals surface area contributed by atoms with E-state index in [4.69, 9.17) is 4.74 Å². The minimum atomic E-state index is -3.20. The van der Waals surface area contributed by atoms with Crippen molar-refractivity contribution in [2.75, 3.05) is 33.4 Å². The van der Waals surface area contributed by atoms with Crippen LogP contribution in [0.15, 0.2) is 0 Å². The molecule has 0 saturated heterocycles. The maximum atomic E-state index is 12.0. The molecular weight excluding hydrogens is 252 g/mol. The Balaban J connectivity index is 2.37. The standard InChI is InChI=1S/C12H26N2O3S/c1-4-13-9-11(2)18(15,16)14-10-12(5-6-12)7-8-17-3/h11,13-14H,4-10H2,1-3H3. The summed E-state index contributed by atoms with van der Waals surface area (Å²) in [5.74, 6) is 0. The van der Waals surface area contributed by atoms with Crippen molar-refractivity contribution in [2.24, 2.45) is 5.41 Å². The Labute approximate surface area is 111 Å². The molecule has 2 N–H and O–H groups in total. The maximum absolute atomic E-state index is 12.0. The van der Waals surface area contributed by atoms with Gasteiger partial charge in [-0.3, -0.25) is 0 Å². The first-order valence-corrected chi connectivity index (χ1v) is 8.18. The molecule has 1 unspecified atom stereocenters. The molecule has 1 aliphatic carbocycles. The minimum absolute atomic E-state index is 0.154. The first-order valence-electron chi connectivity index (χ1n) is 6.64. The van der Waals surface area contributed by atoms with E-state index in [1.54, 1.807) is 14.0 Å². The molecule has 1 aliphatic rings. The van der Waals surface area contributed by atoms with E-state index in [1.807, 2.05) is 6.92 Å². The van der Waals surface area contributed by atoms with Gasteiger partial charge in [-0.1, -0.05) is 6.92 Å². The van der Waals surface area contributed by atoms with Crippen molar-refractivity contribution in [1.82, 2.24) is 10.0 Å². The summed E-state index contributed by atoms with van der Waals surface area (Å²) in [4.78, 5) is 0. The van der Waals surface area contributed by atoms with Gasteiger partial charge >= 0.3 is 0 Å². The van der Waals surface area contributed by atoms with Gasteiger partial charge < -0.3 is 10.1 Å². The number of rotatable bonds is 10. The van der Waals surface area contributed by atoms with E-state index in [0.29, 0.717) is 19.7 Å². The zero-order valence-corrected chi connectivity index (χ0v) is 12.5. The summed E-state index contributed by atoms with van der Waals surface area (Å²) in [6.45, 7) is 6.24. The number of methoxy groups -OCH3 is 1. The van der Waals surface area contributed by atoms with Gasteiger partial charge in [-0.25, -0.2) is 13.1 Å². The lowest BCUT2D eigenvalue weighted by Crippen LogP contribution is -2.41. The van der Waals surface area contributed by atoms with Gasteiger partial charge in [-0.05, 0) is 38.1 Å². The number of hydrogen-bond acceptors (Lipinski definition) is 4. The van der Waals surface area contributed by atoms with Crippen LogP contribution in [0.3, 0.4) is 0 Å². The molecule has 0 bridgehead atoms. The van der Waals surface area contributed by atoms with Crippen molar-refractivity contribution < 1.29 is 13.2 Å². The molecule has 0 amide bonds. The summed E-state index contributed by atoms with van der Waals surface area (Å²) in [6, 6.07) is 0. The Hall–Kier alpha value is -0.170. The van der Waals surface area contributed by atoms with Crippen molar-refractivity contribution in [2.45, 2.75) is 38.4 Å². The van der Waals surface area contributed by atoms with E-state index in [1.165, 1.54) is 0 Å². The van der Waals surface area contributed by atoms with E-state index in [-0.39, 0.29) is 5.41 Å². The summed E-state index contributed by atoms with van der Waals surface area (Å²) >= 11 is 0. The Bertz CT molecular complexity index is 339. The van der Waals surface area contributed by atoms with Crippen molar-refractivity contribution >= 4 is 10.0 Å². The molecule has 6 heteroatoms. The summed E-state index contributed by atoms with van der Waals surface area (Å²) in [7, 11) is -1.52. The SMILES string of the molecule is CCNCC(C)S(=O)(=O)NCC1(CCOC)CC1. The molecule has 0 aliphatic heterocycles. The molecule has 0 radical (unpaired) electrons. The highest BCUT2D eigenvalue weighted by Gasteiger charge is 2.42. The molecule has 18 heavy (non-hydrogen) atoms. The molecule has 1 saturated carbocycles. The first kappa shape index (κ1) is 15.9. The highest BCUT2D eigenvalue weighted by atomic mass is 32.2. The zero-order chi connectivity index (χ0) is 13.6. The summed E-state index contributed by atoms with van der Waals surface area (Å²) in [5.41, 5.74) is 0.154. The van der Waals surface area contributed by atoms with Crippen LogP contribution in [0.5, 0.6) is 0 Å². The van der Waals surface area contributed by atoms with E-state index in [0.717, 1.165) is 25.8 Å². The van der Waals surface area contributed by atoms with Gasteiger partial charge in [-0.2, -0.15) is 0 Å². The summed E-state index contributed by atoms with van der Waals surface area (Å²) in [6.07, 6.45) is 3.13. The molecule has 1 atom stereocenters. The fourth-order valence-corrected chi connectivity index (χ4v) is 2.99. The molecule has 0 spiro atoms. The lowest BCUT2D eigenvalue weighted by molar-refractivity contribution is 0.173. The van der Waals surface area contributed by atoms with Gasteiger partial charge in [0.1, 0.15) is 0 Å². The van der Waals surface area contributed by atoms with Gasteiger partial charge in [0.2, 0.25) is 10.0 Å². The first-order chi connectivity index (χ1) is 8.46. The Morgan fingerprint density at radius 3 is 2.56 bits per heavy atom. The summed E-state index contributed by atoms with van der Waals surface area (Å²) in [5, 5.41) is 2.67. The van der Waals surface area contributed by atoms with Crippen LogP contribution >= 0.6 is 0 Å². The summed E-state index contributed by atoms with van der Waals surface area (Å²) < 4.78 is 31.8. The highest BCUT2D eigenvalue weighted by molar-refractivity contribution is 7.90. The highest BCUT2D eigenvalue weighted by Crippen LogP contribution is 2.48. The zero-order valence-electron chi connectivity index (χ0n) is 11.7. The average molecular weight is 278 g/mol. The molecule has 0 aromatic heterocycles. The second kappa shape index (κ2) is 6.84. The van der Waals surface area contributed by atoms with Crippen LogP contribution in [0, 0.1) is 5.41 Å². The van der Waals surface area contributed by atoms with Crippen LogP contribution < -0.4 is 10.0 Å². The van der Waals surface area contributed by atoms with Gasteiger partial charge in [0.05, 0.1) is 5.25 Å². The Morgan fingerprint density at radius 2 is 2.06 bits per heavy atom. The normalized spacial score (nSPS) is 19.7. The molecule has 5 nitrogen and oxygen atoms in total. The maximum Gasteiger partial charge on any atom is 0.215 e. The molecule has 1 rings (SSSR count). The largest absolute Gasteiger partial charge is 0.385 e. The molecule has 0 heterocycles. The number of sulfonamides is 1.